The molecule has 1 aliphatic heterocycles. The molecule has 4 rings (SSSR count). The lowest BCUT2D eigenvalue weighted by molar-refractivity contribution is 0.371. The Morgan fingerprint density at radius 2 is 1.74 bits per heavy atom. The molecule has 2 aromatic heterocycles. The van der Waals surface area contributed by atoms with Crippen LogP contribution in [0.3, 0.4) is 0 Å². The van der Waals surface area contributed by atoms with Crippen LogP contribution in [0.15, 0.2) is 12.3 Å². The average molecular weight is 471 g/mol. The van der Waals surface area contributed by atoms with Gasteiger partial charge in [-0.25, -0.2) is 0 Å². The molecule has 0 spiro atoms. The Morgan fingerprint density at radius 1 is 0.941 bits per heavy atom. The zero-order valence-corrected chi connectivity index (χ0v) is 20.5. The molecule has 5 N–H and O–H groups in total. The third kappa shape index (κ3) is 8.09. The molecule has 0 aromatic carbocycles. The summed E-state index contributed by atoms with van der Waals surface area (Å²) in [5.74, 6) is 1.92. The third-order valence-electron chi connectivity index (χ3n) is 6.74. The van der Waals surface area contributed by atoms with Gasteiger partial charge in [0.1, 0.15) is 17.3 Å². The second-order valence-electron chi connectivity index (χ2n) is 9.59. The number of anilines is 3. The highest BCUT2D eigenvalue weighted by atomic mass is 15.4. The number of rotatable bonds is 13. The van der Waals surface area contributed by atoms with Crippen LogP contribution in [0.5, 0.6) is 0 Å². The topological polar surface area (TPSA) is 122 Å². The smallest absolute Gasteiger partial charge is 0.226 e. The summed E-state index contributed by atoms with van der Waals surface area (Å²) in [6.07, 6.45) is 14.8. The Labute approximate surface area is 203 Å². The molecule has 188 valence electrons. The van der Waals surface area contributed by atoms with Gasteiger partial charge in [0.25, 0.3) is 0 Å². The number of nitrogens with two attached hydrogens (primary N) is 1. The fourth-order valence-corrected chi connectivity index (χ4v) is 4.83. The Bertz CT molecular complexity index is 842. The molecule has 10 nitrogen and oxygen atoms in total. The van der Waals surface area contributed by atoms with E-state index in [1.165, 1.54) is 57.8 Å². The highest BCUT2D eigenvalue weighted by Crippen LogP contribution is 2.21. The standard InChI is InChI=1S/C24H42N10/c25-22-17-23(33-14-5-2-6-15-33)30-24(29-22)28-18-21-19-34(32-31-21)16-8-12-26-11-7-13-27-20-9-3-1-4-10-20/h17,19-20,26-27H,1-16,18H2,(H3,25,28,29,30). The minimum Gasteiger partial charge on any atom is -0.383 e. The summed E-state index contributed by atoms with van der Waals surface area (Å²) >= 11 is 0. The number of aromatic nitrogens is 5. The maximum absolute atomic E-state index is 6.02. The fraction of sp³-hybridized carbons (Fsp3) is 0.750. The van der Waals surface area contributed by atoms with Gasteiger partial charge in [-0.15, -0.1) is 5.10 Å². The minimum absolute atomic E-state index is 0.485. The highest BCUT2D eigenvalue weighted by Gasteiger charge is 2.14. The lowest BCUT2D eigenvalue weighted by Gasteiger charge is -2.28. The van der Waals surface area contributed by atoms with Gasteiger partial charge in [0.15, 0.2) is 0 Å². The predicted octanol–water partition coefficient (Wildman–Crippen LogP) is 2.54. The van der Waals surface area contributed by atoms with Crippen molar-refractivity contribution in [3.8, 4) is 0 Å². The molecule has 0 amide bonds. The molecule has 2 aromatic rings. The van der Waals surface area contributed by atoms with Crippen LogP contribution in [-0.2, 0) is 13.1 Å². The normalized spacial score (nSPS) is 17.2. The van der Waals surface area contributed by atoms with Gasteiger partial charge in [-0.3, -0.25) is 4.68 Å². The van der Waals surface area contributed by atoms with Crippen LogP contribution in [-0.4, -0.2) is 63.7 Å². The Balaban J connectivity index is 1.10. The van der Waals surface area contributed by atoms with Crippen molar-refractivity contribution in [3.63, 3.8) is 0 Å². The van der Waals surface area contributed by atoms with Crippen LogP contribution < -0.4 is 26.6 Å². The van der Waals surface area contributed by atoms with Gasteiger partial charge in [0.2, 0.25) is 5.95 Å². The molecule has 34 heavy (non-hydrogen) atoms. The van der Waals surface area contributed by atoms with E-state index in [1.807, 2.05) is 16.9 Å². The summed E-state index contributed by atoms with van der Waals surface area (Å²) in [5, 5.41) is 19.0. The number of nitrogens with zero attached hydrogens (tertiary/aromatic N) is 6. The zero-order valence-electron chi connectivity index (χ0n) is 20.5. The van der Waals surface area contributed by atoms with Gasteiger partial charge >= 0.3 is 0 Å². The Kier molecular flexibility index (Phi) is 9.74. The van der Waals surface area contributed by atoms with E-state index >= 15 is 0 Å². The molecule has 2 aliphatic rings. The largest absolute Gasteiger partial charge is 0.383 e. The van der Waals surface area contributed by atoms with E-state index in [-0.39, 0.29) is 0 Å². The summed E-state index contributed by atoms with van der Waals surface area (Å²) in [5.41, 5.74) is 6.89. The molecule has 3 heterocycles. The lowest BCUT2D eigenvalue weighted by Crippen LogP contribution is -2.33. The quantitative estimate of drug-likeness (QED) is 0.327. The van der Waals surface area contributed by atoms with E-state index in [2.05, 4.69) is 41.1 Å². The number of nitrogen functional groups attached to an aromatic ring is 1. The molecule has 1 saturated carbocycles. The zero-order chi connectivity index (χ0) is 23.4. The number of nitrogens with one attached hydrogen (secondary N) is 3. The molecule has 1 aliphatic carbocycles. The van der Waals surface area contributed by atoms with Crippen molar-refractivity contribution in [2.75, 3.05) is 48.7 Å². The second-order valence-corrected chi connectivity index (χ2v) is 9.59. The highest BCUT2D eigenvalue weighted by molar-refractivity contribution is 5.51. The van der Waals surface area contributed by atoms with Crippen molar-refractivity contribution in [3.05, 3.63) is 18.0 Å². The maximum atomic E-state index is 6.02. The summed E-state index contributed by atoms with van der Waals surface area (Å²) < 4.78 is 1.91. The third-order valence-corrected chi connectivity index (χ3v) is 6.74. The molecule has 2 fully saturated rings. The first-order valence-electron chi connectivity index (χ1n) is 13.2. The van der Waals surface area contributed by atoms with Crippen LogP contribution in [0.25, 0.3) is 0 Å². The number of piperidine rings is 1. The predicted molar refractivity (Wildman–Crippen MR) is 137 cm³/mol. The van der Waals surface area contributed by atoms with Crippen molar-refractivity contribution in [1.82, 2.24) is 35.6 Å². The van der Waals surface area contributed by atoms with Crippen LogP contribution in [0.4, 0.5) is 17.6 Å². The summed E-state index contributed by atoms with van der Waals surface area (Å²) in [4.78, 5) is 11.3. The van der Waals surface area contributed by atoms with Gasteiger partial charge in [-0.1, -0.05) is 24.5 Å². The van der Waals surface area contributed by atoms with E-state index in [0.717, 1.165) is 63.2 Å². The molecule has 10 heteroatoms. The number of aryl methyl sites for hydroxylation is 1. The van der Waals surface area contributed by atoms with Crippen LogP contribution in [0.1, 0.15) is 69.9 Å². The van der Waals surface area contributed by atoms with Crippen LogP contribution >= 0.6 is 0 Å². The second kappa shape index (κ2) is 13.4. The van der Waals surface area contributed by atoms with E-state index in [1.54, 1.807) is 0 Å². The van der Waals surface area contributed by atoms with Crippen molar-refractivity contribution < 1.29 is 0 Å². The van der Waals surface area contributed by atoms with E-state index in [4.69, 9.17) is 5.73 Å². The number of hydrogen-bond acceptors (Lipinski definition) is 9. The van der Waals surface area contributed by atoms with Crippen LogP contribution in [0.2, 0.25) is 0 Å². The Morgan fingerprint density at radius 3 is 2.59 bits per heavy atom. The lowest BCUT2D eigenvalue weighted by atomic mass is 9.95. The number of hydrogen-bond donors (Lipinski definition) is 4. The summed E-state index contributed by atoms with van der Waals surface area (Å²) in [6.45, 7) is 6.60. The molecule has 0 unspecified atom stereocenters. The van der Waals surface area contributed by atoms with E-state index in [9.17, 15) is 0 Å². The van der Waals surface area contributed by atoms with Gasteiger partial charge in [0.05, 0.1) is 12.7 Å². The summed E-state index contributed by atoms with van der Waals surface area (Å²) in [7, 11) is 0. The first-order valence-corrected chi connectivity index (χ1v) is 13.2. The van der Waals surface area contributed by atoms with Crippen molar-refractivity contribution >= 4 is 17.6 Å². The summed E-state index contributed by atoms with van der Waals surface area (Å²) in [6, 6.07) is 2.61. The first-order chi connectivity index (χ1) is 16.8. The monoisotopic (exact) mass is 470 g/mol. The van der Waals surface area contributed by atoms with Gasteiger partial charge in [-0.05, 0) is 64.6 Å². The first kappa shape index (κ1) is 24.7. The average Bonchev–Trinajstić information content (AvgIpc) is 3.33. The van der Waals surface area contributed by atoms with Gasteiger partial charge in [-0.2, -0.15) is 9.97 Å². The van der Waals surface area contributed by atoms with Crippen molar-refractivity contribution in [2.24, 2.45) is 0 Å². The molecular weight excluding hydrogens is 428 g/mol. The van der Waals surface area contributed by atoms with Gasteiger partial charge < -0.3 is 26.6 Å². The Hall–Kier alpha value is -2.46. The fourth-order valence-electron chi connectivity index (χ4n) is 4.83. The van der Waals surface area contributed by atoms with Crippen molar-refractivity contribution in [2.45, 2.75) is 83.3 Å². The molecule has 0 radical (unpaired) electrons. The molecule has 0 bridgehead atoms. The minimum atomic E-state index is 0.485. The molecule has 1 saturated heterocycles. The van der Waals surface area contributed by atoms with Gasteiger partial charge in [0, 0.05) is 31.7 Å². The maximum Gasteiger partial charge on any atom is 0.226 e. The molecule has 0 atom stereocenters. The van der Waals surface area contributed by atoms with E-state index in [0.29, 0.717) is 18.3 Å². The van der Waals surface area contributed by atoms with E-state index < -0.39 is 0 Å². The SMILES string of the molecule is Nc1cc(N2CCCCC2)nc(NCc2cn(CCCNCCCNC3CCCCC3)nn2)n1. The van der Waals surface area contributed by atoms with Crippen LogP contribution in [0, 0.1) is 0 Å². The van der Waals surface area contributed by atoms with Crippen molar-refractivity contribution in [1.29, 1.82) is 0 Å². The molecular formula is C24H42N10.